The maximum atomic E-state index is 12.2. The van der Waals surface area contributed by atoms with Crippen molar-refractivity contribution < 1.29 is 9.53 Å². The lowest BCUT2D eigenvalue weighted by atomic mass is 10.1. The molecule has 0 aliphatic rings. The minimum absolute atomic E-state index is 0. The van der Waals surface area contributed by atoms with Crippen LogP contribution in [0.1, 0.15) is 47.8 Å². The van der Waals surface area contributed by atoms with Crippen LogP contribution in [0.25, 0.3) is 0 Å². The van der Waals surface area contributed by atoms with Crippen LogP contribution in [0.2, 0.25) is 0 Å². The molecule has 6 nitrogen and oxygen atoms in total. The second-order valence-corrected chi connectivity index (χ2v) is 8.83. The van der Waals surface area contributed by atoms with Gasteiger partial charge in [0.15, 0.2) is 5.96 Å². The third kappa shape index (κ3) is 9.06. The van der Waals surface area contributed by atoms with E-state index in [2.05, 4.69) is 40.7 Å². The van der Waals surface area contributed by atoms with E-state index in [0.29, 0.717) is 18.7 Å². The third-order valence-corrected chi connectivity index (χ3v) is 4.59. The SMILES string of the molecule is CN=C(NCCc1cccc(C(=O)N(C)C)c1)NCc1ccc(C)cc1OC(C)(C)C.I. The van der Waals surface area contributed by atoms with E-state index in [1.54, 1.807) is 26.0 Å². The van der Waals surface area contributed by atoms with Crippen molar-refractivity contribution in [2.45, 2.75) is 46.3 Å². The van der Waals surface area contributed by atoms with Gasteiger partial charge in [-0.3, -0.25) is 9.79 Å². The molecule has 176 valence electrons. The van der Waals surface area contributed by atoms with Gasteiger partial charge in [-0.2, -0.15) is 0 Å². The number of carbonyl (C=O) groups excluding carboxylic acids is 1. The summed E-state index contributed by atoms with van der Waals surface area (Å²) in [5.74, 6) is 1.62. The molecule has 7 heteroatoms. The first-order chi connectivity index (χ1) is 14.6. The molecule has 0 atom stereocenters. The minimum atomic E-state index is -0.259. The number of ether oxygens (including phenoxy) is 1. The third-order valence-electron chi connectivity index (χ3n) is 4.59. The number of aliphatic imine (C=N–C) groups is 1. The van der Waals surface area contributed by atoms with E-state index in [1.165, 1.54) is 5.56 Å². The standard InChI is InChI=1S/C25H36N4O2.HI/c1-18-11-12-21(22(15-18)31-25(2,3)4)17-28-24(26-5)27-14-13-19-9-8-10-20(16-19)23(30)29(6)7;/h8-12,15-16H,13-14,17H2,1-7H3,(H2,26,27,28);1H. The first kappa shape index (κ1) is 27.7. The largest absolute Gasteiger partial charge is 0.488 e. The molecule has 0 aromatic heterocycles. The summed E-state index contributed by atoms with van der Waals surface area (Å²) in [6, 6.07) is 14.0. The van der Waals surface area contributed by atoms with Gasteiger partial charge in [-0.05, 0) is 63.4 Å². The van der Waals surface area contributed by atoms with Crippen LogP contribution in [-0.2, 0) is 13.0 Å². The minimum Gasteiger partial charge on any atom is -0.488 e. The molecule has 0 spiro atoms. The van der Waals surface area contributed by atoms with E-state index in [0.717, 1.165) is 29.3 Å². The van der Waals surface area contributed by atoms with E-state index < -0.39 is 0 Å². The molecule has 2 aromatic rings. The average Bonchev–Trinajstić information content (AvgIpc) is 2.70. The Balaban J connectivity index is 0.00000512. The van der Waals surface area contributed by atoms with Crippen LogP contribution >= 0.6 is 24.0 Å². The van der Waals surface area contributed by atoms with Gasteiger partial charge in [0.2, 0.25) is 0 Å². The second-order valence-electron chi connectivity index (χ2n) is 8.83. The summed E-state index contributed by atoms with van der Waals surface area (Å²) in [5, 5.41) is 6.70. The van der Waals surface area contributed by atoms with E-state index in [1.807, 2.05) is 45.0 Å². The number of nitrogens with zero attached hydrogens (tertiary/aromatic N) is 2. The van der Waals surface area contributed by atoms with Crippen molar-refractivity contribution in [1.29, 1.82) is 0 Å². The molecule has 32 heavy (non-hydrogen) atoms. The number of nitrogens with one attached hydrogen (secondary N) is 2. The molecule has 1 amide bonds. The first-order valence-corrected chi connectivity index (χ1v) is 10.6. The van der Waals surface area contributed by atoms with E-state index in [4.69, 9.17) is 4.74 Å². The second kappa shape index (κ2) is 12.7. The first-order valence-electron chi connectivity index (χ1n) is 10.6. The highest BCUT2D eigenvalue weighted by atomic mass is 127. The Labute approximate surface area is 209 Å². The predicted octanol–water partition coefficient (Wildman–Crippen LogP) is 4.40. The summed E-state index contributed by atoms with van der Waals surface area (Å²) in [5.41, 5.74) is 3.80. The lowest BCUT2D eigenvalue weighted by Gasteiger charge is -2.24. The number of rotatable bonds is 7. The van der Waals surface area contributed by atoms with Crippen molar-refractivity contribution in [3.05, 3.63) is 64.7 Å². The number of benzene rings is 2. The molecule has 0 saturated carbocycles. The highest BCUT2D eigenvalue weighted by molar-refractivity contribution is 14.0. The molecule has 0 aliphatic heterocycles. The van der Waals surface area contributed by atoms with Gasteiger partial charge < -0.3 is 20.3 Å². The average molecular weight is 553 g/mol. The molecule has 0 fully saturated rings. The number of hydrogen-bond acceptors (Lipinski definition) is 3. The highest BCUT2D eigenvalue weighted by Crippen LogP contribution is 2.24. The predicted molar refractivity (Wildman–Crippen MR) is 143 cm³/mol. The molecule has 0 heterocycles. The lowest BCUT2D eigenvalue weighted by Crippen LogP contribution is -2.38. The van der Waals surface area contributed by atoms with Crippen LogP contribution in [0.4, 0.5) is 0 Å². The van der Waals surface area contributed by atoms with Crippen molar-refractivity contribution in [2.75, 3.05) is 27.7 Å². The number of aryl methyl sites for hydroxylation is 1. The zero-order valence-corrected chi connectivity index (χ0v) is 22.6. The zero-order chi connectivity index (χ0) is 23.0. The number of guanidine groups is 1. The summed E-state index contributed by atoms with van der Waals surface area (Å²) in [6.07, 6.45) is 0.790. The van der Waals surface area contributed by atoms with Gasteiger partial charge in [0.1, 0.15) is 11.4 Å². The maximum absolute atomic E-state index is 12.2. The van der Waals surface area contributed by atoms with Crippen molar-refractivity contribution >= 4 is 35.8 Å². The van der Waals surface area contributed by atoms with Gasteiger partial charge in [-0.15, -0.1) is 24.0 Å². The quantitative estimate of drug-likeness (QED) is 0.304. The van der Waals surface area contributed by atoms with Crippen molar-refractivity contribution in [3.8, 4) is 5.75 Å². The van der Waals surface area contributed by atoms with Gasteiger partial charge in [-0.1, -0.05) is 24.3 Å². The molecule has 0 aliphatic carbocycles. The monoisotopic (exact) mass is 552 g/mol. The Hall–Kier alpha value is -2.29. The van der Waals surface area contributed by atoms with E-state index in [9.17, 15) is 4.79 Å². The Morgan fingerprint density at radius 3 is 2.44 bits per heavy atom. The Morgan fingerprint density at radius 1 is 1.09 bits per heavy atom. The van der Waals surface area contributed by atoms with Crippen LogP contribution in [0.15, 0.2) is 47.5 Å². The number of carbonyl (C=O) groups is 1. The van der Waals surface area contributed by atoms with Gasteiger partial charge in [0.05, 0.1) is 0 Å². The molecule has 0 saturated heterocycles. The normalized spacial score (nSPS) is 11.4. The smallest absolute Gasteiger partial charge is 0.253 e. The van der Waals surface area contributed by atoms with Gasteiger partial charge in [0.25, 0.3) is 5.91 Å². The Morgan fingerprint density at radius 2 is 1.81 bits per heavy atom. The van der Waals surface area contributed by atoms with E-state index >= 15 is 0 Å². The fourth-order valence-electron chi connectivity index (χ4n) is 3.08. The summed E-state index contributed by atoms with van der Waals surface area (Å²) in [4.78, 5) is 18.1. The summed E-state index contributed by atoms with van der Waals surface area (Å²) in [7, 11) is 5.28. The molecular weight excluding hydrogens is 515 g/mol. The number of hydrogen-bond donors (Lipinski definition) is 2. The van der Waals surface area contributed by atoms with E-state index in [-0.39, 0.29) is 35.5 Å². The molecule has 0 unspecified atom stereocenters. The van der Waals surface area contributed by atoms with Crippen LogP contribution in [0.5, 0.6) is 5.75 Å². The number of amides is 1. The van der Waals surface area contributed by atoms with Crippen molar-refractivity contribution in [1.82, 2.24) is 15.5 Å². The highest BCUT2D eigenvalue weighted by Gasteiger charge is 2.15. The molecule has 2 aromatic carbocycles. The van der Waals surface area contributed by atoms with Gasteiger partial charge in [-0.25, -0.2) is 0 Å². The van der Waals surface area contributed by atoms with Crippen LogP contribution < -0.4 is 15.4 Å². The summed E-state index contributed by atoms with van der Waals surface area (Å²) in [6.45, 7) is 9.53. The topological polar surface area (TPSA) is 66.0 Å². The fraction of sp³-hybridized carbons (Fsp3) is 0.440. The summed E-state index contributed by atoms with van der Waals surface area (Å²) >= 11 is 0. The maximum Gasteiger partial charge on any atom is 0.253 e. The van der Waals surface area contributed by atoms with Crippen molar-refractivity contribution in [2.24, 2.45) is 4.99 Å². The Kier molecular flexibility index (Phi) is 11.0. The van der Waals surface area contributed by atoms with Crippen LogP contribution in [-0.4, -0.2) is 50.1 Å². The fourth-order valence-corrected chi connectivity index (χ4v) is 3.08. The van der Waals surface area contributed by atoms with Crippen LogP contribution in [0.3, 0.4) is 0 Å². The van der Waals surface area contributed by atoms with Gasteiger partial charge >= 0.3 is 0 Å². The molecule has 0 radical (unpaired) electrons. The molecule has 2 N–H and O–H groups in total. The summed E-state index contributed by atoms with van der Waals surface area (Å²) < 4.78 is 6.13. The molecule has 2 rings (SSSR count). The number of halogens is 1. The van der Waals surface area contributed by atoms with Crippen LogP contribution in [0, 0.1) is 6.92 Å². The lowest BCUT2D eigenvalue weighted by molar-refractivity contribution is 0.0827. The van der Waals surface area contributed by atoms with Gasteiger partial charge in [0, 0.05) is 45.4 Å². The zero-order valence-electron chi connectivity index (χ0n) is 20.3. The molecular formula is C25H37IN4O2. The Bertz CT molecular complexity index is 920. The molecule has 0 bridgehead atoms. The van der Waals surface area contributed by atoms with Crippen molar-refractivity contribution in [3.63, 3.8) is 0 Å².